The van der Waals surface area contributed by atoms with Crippen molar-refractivity contribution >= 4 is 34.1 Å². The molecule has 0 aromatic heterocycles. The molecule has 0 amide bonds. The monoisotopic (exact) mass is 840 g/mol. The molecule has 0 saturated carbocycles. The number of rotatable bonds is 6. The summed E-state index contributed by atoms with van der Waals surface area (Å²) in [6.45, 7) is 2.17. The maximum Gasteiger partial charge on any atom is 0.0727 e. The van der Waals surface area contributed by atoms with Crippen molar-refractivity contribution in [3.63, 3.8) is 0 Å². The summed E-state index contributed by atoms with van der Waals surface area (Å²) in [6.07, 6.45) is 1.89. The molecule has 4 aliphatic carbocycles. The van der Waals surface area contributed by atoms with Crippen LogP contribution in [0, 0.1) is 6.92 Å². The van der Waals surface area contributed by atoms with Crippen LogP contribution in [0.3, 0.4) is 0 Å². The normalized spacial score (nSPS) is 13.5. The summed E-state index contributed by atoms with van der Waals surface area (Å²) in [7, 11) is 0. The molecule has 0 N–H and O–H groups in total. The summed E-state index contributed by atoms with van der Waals surface area (Å²) in [5.74, 6) is 0. The van der Waals surface area contributed by atoms with Crippen molar-refractivity contribution in [2.75, 3.05) is 9.80 Å². The van der Waals surface area contributed by atoms with Crippen LogP contribution in [0.1, 0.15) is 50.1 Å². The predicted octanol–water partition coefficient (Wildman–Crippen LogP) is 16.4. The average Bonchev–Trinajstić information content (AvgIpc) is 4.10. The molecule has 10 aromatic carbocycles. The van der Waals surface area contributed by atoms with Crippen LogP contribution in [0.5, 0.6) is 0 Å². The van der Waals surface area contributed by atoms with Crippen molar-refractivity contribution < 1.29 is 0 Å². The summed E-state index contributed by atoms with van der Waals surface area (Å²) >= 11 is 0. The van der Waals surface area contributed by atoms with Gasteiger partial charge in [0.25, 0.3) is 0 Å². The van der Waals surface area contributed by atoms with E-state index in [4.69, 9.17) is 0 Å². The van der Waals surface area contributed by atoms with Gasteiger partial charge in [-0.25, -0.2) is 0 Å². The highest BCUT2D eigenvalue weighted by Crippen LogP contribution is 2.64. The standard InChI is InChI=1S/C64H44N2/c1-41-23-25-47(26-24-41)66(49-28-32-55-45(38-49)36-43-14-6-8-18-53(43)55)51-30-34-59-58-33-29-50(39-62(58)64(63(59)40-51)60-21-11-9-19-56(60)57-20-10-12-22-61(57)64)65(46-15-3-2-4-16-46)48-27-31-54-44(37-48)35-42-13-5-7-17-52(42)54/h2-34,37-40H,35-36H2,1H3. The first kappa shape index (κ1) is 37.2. The van der Waals surface area contributed by atoms with E-state index >= 15 is 0 Å². The molecule has 10 aromatic rings. The molecule has 310 valence electrons. The number of aryl methyl sites for hydroxylation is 1. The van der Waals surface area contributed by atoms with Gasteiger partial charge in [-0.1, -0.05) is 157 Å². The Hall–Kier alpha value is -8.20. The summed E-state index contributed by atoms with van der Waals surface area (Å²) in [5.41, 5.74) is 29.0. The minimum Gasteiger partial charge on any atom is -0.310 e. The minimum absolute atomic E-state index is 0.551. The van der Waals surface area contributed by atoms with Gasteiger partial charge in [-0.3, -0.25) is 0 Å². The second kappa shape index (κ2) is 14.1. The minimum atomic E-state index is -0.551. The summed E-state index contributed by atoms with van der Waals surface area (Å²) in [4.78, 5) is 4.94. The third-order valence-corrected chi connectivity index (χ3v) is 15.0. The van der Waals surface area contributed by atoms with E-state index in [1.54, 1.807) is 0 Å². The van der Waals surface area contributed by atoms with E-state index in [-0.39, 0.29) is 0 Å². The highest BCUT2D eigenvalue weighted by Gasteiger charge is 2.52. The molecule has 2 heteroatoms. The van der Waals surface area contributed by atoms with Crippen LogP contribution < -0.4 is 9.80 Å². The number of hydrogen-bond acceptors (Lipinski definition) is 2. The third kappa shape index (κ3) is 5.30. The third-order valence-electron chi connectivity index (χ3n) is 15.0. The van der Waals surface area contributed by atoms with E-state index in [1.807, 2.05) is 0 Å². The van der Waals surface area contributed by atoms with Crippen molar-refractivity contribution in [2.45, 2.75) is 25.2 Å². The largest absolute Gasteiger partial charge is 0.310 e. The average molecular weight is 841 g/mol. The highest BCUT2D eigenvalue weighted by atomic mass is 15.1. The Balaban J connectivity index is 0.981. The van der Waals surface area contributed by atoms with Gasteiger partial charge < -0.3 is 9.80 Å². The first-order valence-corrected chi connectivity index (χ1v) is 23.2. The Labute approximate surface area is 386 Å². The quantitative estimate of drug-likeness (QED) is 0.165. The van der Waals surface area contributed by atoms with Crippen molar-refractivity contribution in [2.24, 2.45) is 0 Å². The van der Waals surface area contributed by atoms with Gasteiger partial charge >= 0.3 is 0 Å². The van der Waals surface area contributed by atoms with Gasteiger partial charge in [-0.15, -0.1) is 0 Å². The zero-order valence-corrected chi connectivity index (χ0v) is 36.7. The molecular formula is C64H44N2. The fourth-order valence-corrected chi connectivity index (χ4v) is 12.1. The summed E-state index contributed by atoms with van der Waals surface area (Å²) in [5, 5.41) is 0. The van der Waals surface area contributed by atoms with Crippen LogP contribution in [-0.2, 0) is 18.3 Å². The topological polar surface area (TPSA) is 6.48 Å². The Morgan fingerprint density at radius 3 is 1.12 bits per heavy atom. The Morgan fingerprint density at radius 1 is 0.273 bits per heavy atom. The second-order valence-electron chi connectivity index (χ2n) is 18.5. The van der Waals surface area contributed by atoms with Crippen molar-refractivity contribution in [3.8, 4) is 44.5 Å². The number of anilines is 6. The van der Waals surface area contributed by atoms with Gasteiger partial charge in [0.1, 0.15) is 0 Å². The van der Waals surface area contributed by atoms with Crippen LogP contribution in [0.2, 0.25) is 0 Å². The van der Waals surface area contributed by atoms with Crippen molar-refractivity contribution in [1.82, 2.24) is 0 Å². The van der Waals surface area contributed by atoms with Crippen LogP contribution in [-0.4, -0.2) is 0 Å². The van der Waals surface area contributed by atoms with E-state index in [2.05, 4.69) is 241 Å². The SMILES string of the molecule is Cc1ccc(N(c2ccc3c(c2)Cc2ccccc2-3)c2ccc3c(c2)C2(c4ccccc4-c4ccccc42)c2cc(N(c4ccccc4)c4ccc5c(c4)Cc4ccccc4-5)ccc2-3)cc1. The fourth-order valence-electron chi connectivity index (χ4n) is 12.1. The molecule has 0 heterocycles. The van der Waals surface area contributed by atoms with Gasteiger partial charge in [0, 0.05) is 34.1 Å². The summed E-state index contributed by atoms with van der Waals surface area (Å²) < 4.78 is 0. The fraction of sp³-hybridized carbons (Fsp3) is 0.0625. The van der Waals surface area contributed by atoms with E-state index in [0.717, 1.165) is 41.3 Å². The molecule has 0 aliphatic heterocycles. The van der Waals surface area contributed by atoms with E-state index in [0.29, 0.717) is 0 Å². The molecule has 2 nitrogen and oxygen atoms in total. The van der Waals surface area contributed by atoms with Crippen LogP contribution in [0.15, 0.2) is 224 Å². The lowest BCUT2D eigenvalue weighted by Gasteiger charge is -2.33. The van der Waals surface area contributed by atoms with E-state index < -0.39 is 5.41 Å². The highest BCUT2D eigenvalue weighted by molar-refractivity contribution is 5.98. The maximum absolute atomic E-state index is 2.52. The molecule has 0 radical (unpaired) electrons. The van der Waals surface area contributed by atoms with Gasteiger partial charge in [0.05, 0.1) is 5.41 Å². The lowest BCUT2D eigenvalue weighted by atomic mass is 9.70. The molecule has 0 bridgehead atoms. The maximum atomic E-state index is 2.52. The van der Waals surface area contributed by atoms with Gasteiger partial charge in [0.15, 0.2) is 0 Å². The smallest absolute Gasteiger partial charge is 0.0727 e. The Morgan fingerprint density at radius 2 is 0.621 bits per heavy atom. The van der Waals surface area contributed by atoms with Crippen molar-refractivity contribution in [1.29, 1.82) is 0 Å². The number of hydrogen-bond donors (Lipinski definition) is 0. The predicted molar refractivity (Wildman–Crippen MR) is 273 cm³/mol. The second-order valence-corrected chi connectivity index (χ2v) is 18.5. The number of nitrogens with zero attached hydrogens (tertiary/aromatic N) is 2. The van der Waals surface area contributed by atoms with Gasteiger partial charge in [-0.2, -0.15) is 0 Å². The first-order valence-electron chi connectivity index (χ1n) is 23.2. The molecule has 0 fully saturated rings. The molecule has 66 heavy (non-hydrogen) atoms. The van der Waals surface area contributed by atoms with E-state index in [9.17, 15) is 0 Å². The number of fused-ring (bicyclic) bond motifs is 16. The van der Waals surface area contributed by atoms with E-state index in [1.165, 1.54) is 100 Å². The molecule has 4 aliphatic rings. The first-order chi connectivity index (χ1) is 32.6. The van der Waals surface area contributed by atoms with Gasteiger partial charge in [-0.05, 0) is 182 Å². The molecule has 14 rings (SSSR count). The molecular weight excluding hydrogens is 797 g/mol. The zero-order valence-electron chi connectivity index (χ0n) is 36.7. The molecule has 0 unspecified atom stereocenters. The van der Waals surface area contributed by atoms with Gasteiger partial charge in [0.2, 0.25) is 0 Å². The zero-order chi connectivity index (χ0) is 43.5. The summed E-state index contributed by atoms with van der Waals surface area (Å²) in [6, 6.07) is 84.6. The number of benzene rings is 10. The van der Waals surface area contributed by atoms with Crippen LogP contribution in [0.4, 0.5) is 34.1 Å². The van der Waals surface area contributed by atoms with Crippen molar-refractivity contribution in [3.05, 3.63) is 275 Å². The lowest BCUT2D eigenvalue weighted by molar-refractivity contribution is 0.793. The Kier molecular flexibility index (Phi) is 7.98. The van der Waals surface area contributed by atoms with Crippen LogP contribution >= 0.6 is 0 Å². The number of para-hydroxylation sites is 1. The van der Waals surface area contributed by atoms with Crippen LogP contribution in [0.25, 0.3) is 44.5 Å². The molecule has 0 atom stereocenters. The molecule has 1 spiro atoms. The Bertz CT molecular complexity index is 3570. The lowest BCUT2D eigenvalue weighted by Crippen LogP contribution is -2.26. The molecule has 0 saturated heterocycles.